The summed E-state index contributed by atoms with van der Waals surface area (Å²) >= 11 is 7.79. The van der Waals surface area contributed by atoms with E-state index in [2.05, 4.69) is 30.2 Å². The molecule has 10 nitrogen and oxygen atoms in total. The summed E-state index contributed by atoms with van der Waals surface area (Å²) in [6.45, 7) is 1.95. The van der Waals surface area contributed by atoms with Gasteiger partial charge in [0.1, 0.15) is 0 Å². The molecule has 4 aromatic heterocycles. The molecule has 0 atom stereocenters. The number of nitrogens with two attached hydrogens (primary N) is 1. The molecule has 0 saturated carbocycles. The van der Waals surface area contributed by atoms with Crippen LogP contribution in [0.2, 0.25) is 5.02 Å². The molecule has 0 aliphatic carbocycles. The number of pyridine rings is 1. The van der Waals surface area contributed by atoms with Crippen LogP contribution in [0.15, 0.2) is 58.7 Å². The van der Waals surface area contributed by atoms with Crippen molar-refractivity contribution < 1.29 is 0 Å². The summed E-state index contributed by atoms with van der Waals surface area (Å²) in [6.07, 6.45) is 3.41. The number of thioether (sulfide) groups is 1. The van der Waals surface area contributed by atoms with Gasteiger partial charge in [-0.3, -0.25) is 19.4 Å². The highest BCUT2D eigenvalue weighted by Gasteiger charge is 2.19. The quantitative estimate of drug-likeness (QED) is 0.378. The summed E-state index contributed by atoms with van der Waals surface area (Å²) in [5.74, 6) is 1.38. The highest BCUT2D eigenvalue weighted by molar-refractivity contribution is 7.98. The van der Waals surface area contributed by atoms with Gasteiger partial charge in [-0.1, -0.05) is 29.4 Å². The van der Waals surface area contributed by atoms with E-state index in [1.807, 2.05) is 41.8 Å². The molecule has 5 rings (SSSR count). The number of halogens is 1. The molecular weight excluding hydrogens is 450 g/mol. The van der Waals surface area contributed by atoms with Gasteiger partial charge < -0.3 is 5.73 Å². The lowest BCUT2D eigenvalue weighted by Gasteiger charge is -2.13. The average molecular weight is 466 g/mol. The molecule has 160 valence electrons. The summed E-state index contributed by atoms with van der Waals surface area (Å²) in [4.78, 5) is 24.8. The second-order valence-electron chi connectivity index (χ2n) is 6.88. The number of nitrogen functional groups attached to an aromatic ring is 1. The van der Waals surface area contributed by atoms with Crippen molar-refractivity contribution in [3.05, 3.63) is 75.4 Å². The Balaban J connectivity index is 1.56. The largest absolute Gasteiger partial charge is 0.368 e. The standard InChI is InChI=1S/C20H16ClN9OS/c1-11-14(21)3-2-4-15(11)29-17(12-5-7-23-8-6-12)26-27-20(29)32-10-13-9-16(31)30-19(24-13)25-18(22)28-30/h2-9H,10H2,1H3,(H3,22,24,25,28). The Labute approximate surface area is 190 Å². The molecular formula is C20H16ClN9OS. The maximum Gasteiger partial charge on any atom is 0.274 e. The molecule has 0 radical (unpaired) electrons. The lowest BCUT2D eigenvalue weighted by molar-refractivity contribution is 0.875. The second kappa shape index (κ2) is 8.09. The SMILES string of the molecule is Cc1c(Cl)cccc1-n1c(SCc2cc(=O)n3[nH]c(N)nc3n2)nnc1-c1ccncc1. The van der Waals surface area contributed by atoms with Gasteiger partial charge in [0.25, 0.3) is 11.3 Å². The molecule has 0 saturated heterocycles. The minimum absolute atomic E-state index is 0.123. The van der Waals surface area contributed by atoms with E-state index in [0.717, 1.165) is 16.8 Å². The van der Waals surface area contributed by atoms with Crippen LogP contribution < -0.4 is 11.3 Å². The normalized spacial score (nSPS) is 11.3. The summed E-state index contributed by atoms with van der Waals surface area (Å²) in [5, 5.41) is 12.7. The van der Waals surface area contributed by atoms with E-state index in [-0.39, 0.29) is 17.3 Å². The number of nitrogens with one attached hydrogen (secondary N) is 1. The molecule has 3 N–H and O–H groups in total. The highest BCUT2D eigenvalue weighted by Crippen LogP contribution is 2.32. The zero-order valence-electron chi connectivity index (χ0n) is 16.7. The summed E-state index contributed by atoms with van der Waals surface area (Å²) in [7, 11) is 0. The third kappa shape index (κ3) is 3.61. The topological polar surface area (TPSA) is 133 Å². The van der Waals surface area contributed by atoms with Crippen molar-refractivity contribution in [2.45, 2.75) is 17.8 Å². The Morgan fingerprint density at radius 2 is 1.97 bits per heavy atom. The molecule has 5 aromatic rings. The van der Waals surface area contributed by atoms with Crippen molar-refractivity contribution in [1.82, 2.24) is 39.3 Å². The number of benzene rings is 1. The van der Waals surface area contributed by atoms with Crippen LogP contribution in [0.1, 0.15) is 11.3 Å². The van der Waals surface area contributed by atoms with Crippen LogP contribution in [0.3, 0.4) is 0 Å². The van der Waals surface area contributed by atoms with Crippen molar-refractivity contribution in [2.24, 2.45) is 0 Å². The Hall–Kier alpha value is -3.70. The predicted octanol–water partition coefficient (Wildman–Crippen LogP) is 2.90. The number of anilines is 1. The monoisotopic (exact) mass is 465 g/mol. The van der Waals surface area contributed by atoms with Crippen LogP contribution in [-0.2, 0) is 5.75 Å². The molecule has 0 fully saturated rings. The molecule has 0 unspecified atom stereocenters. The van der Waals surface area contributed by atoms with Crippen molar-refractivity contribution in [3.63, 3.8) is 0 Å². The van der Waals surface area contributed by atoms with E-state index in [0.29, 0.717) is 27.5 Å². The maximum absolute atomic E-state index is 12.3. The number of H-pyrrole nitrogens is 1. The van der Waals surface area contributed by atoms with Gasteiger partial charge in [0.05, 0.1) is 11.4 Å². The Bertz CT molecular complexity index is 1490. The number of aromatic nitrogens is 8. The lowest BCUT2D eigenvalue weighted by atomic mass is 10.2. The van der Waals surface area contributed by atoms with E-state index in [1.54, 1.807) is 12.4 Å². The lowest BCUT2D eigenvalue weighted by Crippen LogP contribution is -2.15. The average Bonchev–Trinajstić information content (AvgIpc) is 3.38. The zero-order valence-corrected chi connectivity index (χ0v) is 18.3. The first kappa shape index (κ1) is 20.2. The van der Waals surface area contributed by atoms with Gasteiger partial charge >= 0.3 is 0 Å². The fourth-order valence-corrected chi connectivity index (χ4v) is 4.27. The molecule has 0 aliphatic rings. The fourth-order valence-electron chi connectivity index (χ4n) is 3.26. The van der Waals surface area contributed by atoms with Gasteiger partial charge in [-0.05, 0) is 36.8 Å². The number of aromatic amines is 1. The summed E-state index contributed by atoms with van der Waals surface area (Å²) in [6, 6.07) is 10.9. The van der Waals surface area contributed by atoms with Gasteiger partial charge in [-0.15, -0.1) is 10.2 Å². The fraction of sp³-hybridized carbons (Fsp3) is 0.100. The molecule has 0 aliphatic heterocycles. The predicted molar refractivity (Wildman–Crippen MR) is 122 cm³/mol. The van der Waals surface area contributed by atoms with Gasteiger partial charge in [0, 0.05) is 34.8 Å². The van der Waals surface area contributed by atoms with Gasteiger partial charge in [-0.2, -0.15) is 9.50 Å². The number of hydrogen-bond acceptors (Lipinski definition) is 8. The first-order valence-corrected chi connectivity index (χ1v) is 10.9. The van der Waals surface area contributed by atoms with E-state index in [9.17, 15) is 4.79 Å². The number of rotatable bonds is 5. The molecule has 0 spiro atoms. The van der Waals surface area contributed by atoms with Crippen LogP contribution in [-0.4, -0.2) is 39.3 Å². The molecule has 32 heavy (non-hydrogen) atoms. The third-order valence-electron chi connectivity index (χ3n) is 4.80. The Morgan fingerprint density at radius 3 is 2.78 bits per heavy atom. The summed E-state index contributed by atoms with van der Waals surface area (Å²) < 4.78 is 3.14. The number of fused-ring (bicyclic) bond motifs is 1. The number of nitrogens with zero attached hydrogens (tertiary/aromatic N) is 7. The Morgan fingerprint density at radius 1 is 1.16 bits per heavy atom. The van der Waals surface area contributed by atoms with Gasteiger partial charge in [-0.25, -0.2) is 4.98 Å². The summed E-state index contributed by atoms with van der Waals surface area (Å²) in [5.41, 5.74) is 8.52. The smallest absolute Gasteiger partial charge is 0.274 e. The minimum atomic E-state index is -0.292. The molecule has 0 amide bonds. The Kier molecular flexibility index (Phi) is 5.11. The van der Waals surface area contributed by atoms with Crippen LogP contribution in [0.5, 0.6) is 0 Å². The van der Waals surface area contributed by atoms with E-state index in [4.69, 9.17) is 17.3 Å². The van der Waals surface area contributed by atoms with Crippen LogP contribution >= 0.6 is 23.4 Å². The van der Waals surface area contributed by atoms with Crippen molar-refractivity contribution in [2.75, 3.05) is 5.73 Å². The van der Waals surface area contributed by atoms with Crippen LogP contribution in [0.25, 0.3) is 22.9 Å². The first-order valence-electron chi connectivity index (χ1n) is 9.49. The highest BCUT2D eigenvalue weighted by atomic mass is 35.5. The molecule has 1 aromatic carbocycles. The third-order valence-corrected chi connectivity index (χ3v) is 6.17. The number of hydrogen-bond donors (Lipinski definition) is 2. The van der Waals surface area contributed by atoms with E-state index in [1.165, 1.54) is 22.3 Å². The van der Waals surface area contributed by atoms with E-state index >= 15 is 0 Å². The first-order chi connectivity index (χ1) is 15.5. The van der Waals surface area contributed by atoms with Crippen molar-refractivity contribution >= 4 is 35.1 Å². The zero-order chi connectivity index (χ0) is 22.2. The maximum atomic E-state index is 12.3. The van der Waals surface area contributed by atoms with Gasteiger partial charge in [0.15, 0.2) is 11.0 Å². The minimum Gasteiger partial charge on any atom is -0.368 e. The van der Waals surface area contributed by atoms with Crippen LogP contribution in [0, 0.1) is 6.92 Å². The van der Waals surface area contributed by atoms with Crippen LogP contribution in [0.4, 0.5) is 5.95 Å². The van der Waals surface area contributed by atoms with Gasteiger partial charge in [0.2, 0.25) is 5.95 Å². The second-order valence-corrected chi connectivity index (χ2v) is 8.23. The molecule has 12 heteroatoms. The van der Waals surface area contributed by atoms with Crippen molar-refractivity contribution in [3.8, 4) is 17.1 Å². The van der Waals surface area contributed by atoms with Crippen molar-refractivity contribution in [1.29, 1.82) is 0 Å². The molecule has 0 bridgehead atoms. The molecule has 4 heterocycles. The van der Waals surface area contributed by atoms with E-state index < -0.39 is 0 Å².